The summed E-state index contributed by atoms with van der Waals surface area (Å²) in [5, 5.41) is 15.8. The summed E-state index contributed by atoms with van der Waals surface area (Å²) in [6.07, 6.45) is -4.88. The number of aliphatic hydroxyl groups is 1. The third-order valence-electron chi connectivity index (χ3n) is 2.01. The largest absolute Gasteiger partial charge is 0.495 e. The van der Waals surface area contributed by atoms with Crippen LogP contribution in [0.15, 0.2) is 6.07 Å². The van der Waals surface area contributed by atoms with Crippen molar-refractivity contribution in [2.75, 3.05) is 12.8 Å². The number of alkyl halides is 3. The molecule has 0 aliphatic carbocycles. The fourth-order valence-corrected chi connectivity index (χ4v) is 1.02. The van der Waals surface area contributed by atoms with Crippen LogP contribution in [-0.4, -0.2) is 28.6 Å². The van der Waals surface area contributed by atoms with Crippen molar-refractivity contribution in [3.8, 4) is 5.75 Å². The summed E-state index contributed by atoms with van der Waals surface area (Å²) in [5.74, 6) is -0.367. The van der Waals surface area contributed by atoms with Crippen molar-refractivity contribution in [1.29, 1.82) is 0 Å². The molecule has 0 amide bonds. The van der Waals surface area contributed by atoms with Crippen LogP contribution < -0.4 is 10.5 Å². The Balaban J connectivity index is 3.33. The second-order valence-corrected chi connectivity index (χ2v) is 3.26. The zero-order valence-corrected chi connectivity index (χ0v) is 8.54. The van der Waals surface area contributed by atoms with Crippen molar-refractivity contribution in [3.63, 3.8) is 0 Å². The molecule has 1 aromatic heterocycles. The van der Waals surface area contributed by atoms with E-state index >= 15 is 0 Å². The molecule has 8 heteroatoms. The Kier molecular flexibility index (Phi) is 2.95. The minimum absolute atomic E-state index is 0.0985. The molecule has 5 nitrogen and oxygen atoms in total. The van der Waals surface area contributed by atoms with Crippen molar-refractivity contribution >= 4 is 5.82 Å². The predicted molar refractivity (Wildman–Crippen MR) is 48.6 cm³/mol. The molecule has 1 heterocycles. The van der Waals surface area contributed by atoms with Crippen LogP contribution in [0, 0.1) is 0 Å². The van der Waals surface area contributed by atoms with E-state index in [9.17, 15) is 18.3 Å². The molecular formula is C8H10F3N3O2. The summed E-state index contributed by atoms with van der Waals surface area (Å²) in [6.45, 7) is 0.565. The van der Waals surface area contributed by atoms with E-state index < -0.39 is 17.5 Å². The number of anilines is 1. The number of nitrogens with zero attached hydrogens (tertiary/aromatic N) is 2. The van der Waals surface area contributed by atoms with Gasteiger partial charge in [0.05, 0.1) is 7.11 Å². The van der Waals surface area contributed by atoms with Gasteiger partial charge in [0.1, 0.15) is 17.3 Å². The van der Waals surface area contributed by atoms with Gasteiger partial charge >= 0.3 is 6.18 Å². The van der Waals surface area contributed by atoms with Crippen LogP contribution in [0.2, 0.25) is 0 Å². The fourth-order valence-electron chi connectivity index (χ4n) is 1.02. The van der Waals surface area contributed by atoms with Crippen LogP contribution in [0.5, 0.6) is 5.75 Å². The minimum Gasteiger partial charge on any atom is -0.495 e. The third-order valence-corrected chi connectivity index (χ3v) is 2.01. The van der Waals surface area contributed by atoms with Gasteiger partial charge in [-0.3, -0.25) is 0 Å². The van der Waals surface area contributed by atoms with Crippen LogP contribution in [0.4, 0.5) is 19.0 Å². The Bertz CT molecular complexity index is 393. The monoisotopic (exact) mass is 237 g/mol. The lowest BCUT2D eigenvalue weighted by molar-refractivity contribution is -0.260. The lowest BCUT2D eigenvalue weighted by Crippen LogP contribution is -2.40. The number of methoxy groups -OCH3 is 1. The van der Waals surface area contributed by atoms with Gasteiger partial charge in [-0.2, -0.15) is 13.2 Å². The number of rotatable bonds is 2. The number of nitrogens with two attached hydrogens (primary N) is 1. The summed E-state index contributed by atoms with van der Waals surface area (Å²) in [7, 11) is 1.15. The van der Waals surface area contributed by atoms with Gasteiger partial charge in [0.15, 0.2) is 0 Å². The number of halogens is 3. The van der Waals surface area contributed by atoms with E-state index in [0.717, 1.165) is 13.2 Å². The highest BCUT2D eigenvalue weighted by atomic mass is 19.4. The number of nitrogen functional groups attached to an aromatic ring is 1. The quantitative estimate of drug-likeness (QED) is 0.796. The maximum absolute atomic E-state index is 12.5. The first kappa shape index (κ1) is 12.5. The fraction of sp³-hybridized carbons (Fsp3) is 0.500. The molecule has 0 bridgehead atoms. The van der Waals surface area contributed by atoms with Crippen LogP contribution in [0.25, 0.3) is 0 Å². The minimum atomic E-state index is -4.88. The Morgan fingerprint density at radius 2 is 1.94 bits per heavy atom. The summed E-state index contributed by atoms with van der Waals surface area (Å²) >= 11 is 0. The number of aromatic nitrogens is 2. The predicted octanol–water partition coefficient (Wildman–Crippen LogP) is 0.837. The maximum Gasteiger partial charge on any atom is 0.422 e. The molecule has 1 atom stereocenters. The molecule has 0 radical (unpaired) electrons. The molecule has 0 saturated heterocycles. The summed E-state index contributed by atoms with van der Waals surface area (Å²) < 4.78 is 42.3. The van der Waals surface area contributed by atoms with Gasteiger partial charge in [0.2, 0.25) is 5.60 Å². The van der Waals surface area contributed by atoms with Crippen molar-refractivity contribution in [2.24, 2.45) is 0 Å². The first-order valence-electron chi connectivity index (χ1n) is 4.17. The molecule has 3 N–H and O–H groups in total. The SMILES string of the molecule is COc1cc(N)nnc1C(C)(O)C(F)(F)F. The topological polar surface area (TPSA) is 81.3 Å². The van der Waals surface area contributed by atoms with Gasteiger partial charge in [-0.25, -0.2) is 0 Å². The van der Waals surface area contributed by atoms with Crippen molar-refractivity contribution in [2.45, 2.75) is 18.7 Å². The molecule has 0 aromatic carbocycles. The highest BCUT2D eigenvalue weighted by molar-refractivity contribution is 5.40. The van der Waals surface area contributed by atoms with Crippen LogP contribution in [-0.2, 0) is 5.60 Å². The zero-order chi connectivity index (χ0) is 12.6. The lowest BCUT2D eigenvalue weighted by Gasteiger charge is -2.26. The van der Waals surface area contributed by atoms with E-state index in [2.05, 4.69) is 14.9 Å². The first-order valence-corrected chi connectivity index (χ1v) is 4.17. The normalized spacial score (nSPS) is 15.6. The van der Waals surface area contributed by atoms with E-state index in [1.54, 1.807) is 0 Å². The highest BCUT2D eigenvalue weighted by Gasteiger charge is 2.54. The van der Waals surface area contributed by atoms with Crippen LogP contribution in [0.3, 0.4) is 0 Å². The standard InChI is InChI=1S/C8H10F3N3O2/c1-7(15,8(9,10)11)6-4(16-2)3-5(12)13-14-6/h3,15H,1-2H3,(H2,12,13). The molecule has 1 unspecified atom stereocenters. The van der Waals surface area contributed by atoms with Crippen molar-refractivity contribution in [3.05, 3.63) is 11.8 Å². The lowest BCUT2D eigenvalue weighted by atomic mass is 10.0. The molecule has 0 spiro atoms. The average molecular weight is 237 g/mol. The van der Waals surface area contributed by atoms with E-state index in [4.69, 9.17) is 5.73 Å². The molecule has 0 fully saturated rings. The van der Waals surface area contributed by atoms with E-state index in [-0.39, 0.29) is 11.6 Å². The molecule has 90 valence electrons. The highest BCUT2D eigenvalue weighted by Crippen LogP contribution is 2.41. The number of hydrogen-bond donors (Lipinski definition) is 2. The summed E-state index contributed by atoms with van der Waals surface area (Å²) in [6, 6.07) is 1.06. The Morgan fingerprint density at radius 3 is 2.38 bits per heavy atom. The first-order chi connectivity index (χ1) is 7.20. The Labute approximate surface area is 89.0 Å². The van der Waals surface area contributed by atoms with Gasteiger partial charge in [0.25, 0.3) is 0 Å². The van der Waals surface area contributed by atoms with Crippen molar-refractivity contribution < 1.29 is 23.0 Å². The zero-order valence-electron chi connectivity index (χ0n) is 8.54. The second kappa shape index (κ2) is 3.78. The molecule has 16 heavy (non-hydrogen) atoms. The van der Waals surface area contributed by atoms with Gasteiger partial charge in [-0.05, 0) is 6.92 Å². The molecule has 0 aliphatic rings. The molecule has 1 rings (SSSR count). The van der Waals surface area contributed by atoms with Gasteiger partial charge in [-0.1, -0.05) is 0 Å². The molecule has 0 aliphatic heterocycles. The number of ether oxygens (including phenoxy) is 1. The summed E-state index contributed by atoms with van der Waals surface area (Å²) in [5.41, 5.74) is 1.37. The maximum atomic E-state index is 12.5. The van der Waals surface area contributed by atoms with Gasteiger partial charge in [-0.15, -0.1) is 10.2 Å². The second-order valence-electron chi connectivity index (χ2n) is 3.26. The molecule has 0 saturated carbocycles. The van der Waals surface area contributed by atoms with E-state index in [1.807, 2.05) is 0 Å². The van der Waals surface area contributed by atoms with Gasteiger partial charge in [0, 0.05) is 6.07 Å². The smallest absolute Gasteiger partial charge is 0.422 e. The van der Waals surface area contributed by atoms with Crippen LogP contribution >= 0.6 is 0 Å². The van der Waals surface area contributed by atoms with E-state index in [1.165, 1.54) is 0 Å². The average Bonchev–Trinajstić information content (AvgIpc) is 2.15. The van der Waals surface area contributed by atoms with Crippen molar-refractivity contribution in [1.82, 2.24) is 10.2 Å². The van der Waals surface area contributed by atoms with Gasteiger partial charge < -0.3 is 15.6 Å². The van der Waals surface area contributed by atoms with Crippen LogP contribution in [0.1, 0.15) is 12.6 Å². The summed E-state index contributed by atoms with van der Waals surface area (Å²) in [4.78, 5) is 0. The molecule has 1 aromatic rings. The third kappa shape index (κ3) is 2.01. The van der Waals surface area contributed by atoms with E-state index in [0.29, 0.717) is 6.92 Å². The molecular weight excluding hydrogens is 227 g/mol. The Morgan fingerprint density at radius 1 is 1.38 bits per heavy atom. The number of hydrogen-bond acceptors (Lipinski definition) is 5. The Hall–Kier alpha value is -1.57.